The van der Waals surface area contributed by atoms with Crippen molar-refractivity contribution in [3.63, 3.8) is 0 Å². The molecule has 2 nitrogen and oxygen atoms in total. The van der Waals surface area contributed by atoms with E-state index in [-0.39, 0.29) is 5.41 Å². The summed E-state index contributed by atoms with van der Waals surface area (Å²) in [4.78, 5) is 7.13. The van der Waals surface area contributed by atoms with E-state index < -0.39 is 0 Å². The van der Waals surface area contributed by atoms with Gasteiger partial charge in [0, 0.05) is 24.7 Å². The Balaban J connectivity index is 2.05. The predicted octanol–water partition coefficient (Wildman–Crippen LogP) is 4.38. The van der Waals surface area contributed by atoms with Gasteiger partial charge in [-0.05, 0) is 34.8 Å². The summed E-state index contributed by atoms with van der Waals surface area (Å²) >= 11 is 0. The Hall–Kier alpha value is -1.57. The number of aromatic nitrogens is 1. The van der Waals surface area contributed by atoms with Gasteiger partial charge in [0.1, 0.15) is 5.82 Å². The highest BCUT2D eigenvalue weighted by molar-refractivity contribution is 5.87. The Morgan fingerprint density at radius 1 is 1.25 bits per heavy atom. The van der Waals surface area contributed by atoms with Crippen LogP contribution in [0, 0.1) is 5.92 Å². The highest BCUT2D eigenvalue weighted by atomic mass is 15.2. The number of rotatable bonds is 1. The topological polar surface area (TPSA) is 16.1 Å². The highest BCUT2D eigenvalue weighted by Gasteiger charge is 2.21. The maximum Gasteiger partial charge on any atom is 0.129 e. The Bertz CT molecular complexity index is 625. The van der Waals surface area contributed by atoms with Gasteiger partial charge in [-0.2, -0.15) is 0 Å². The molecule has 1 aromatic carbocycles. The van der Waals surface area contributed by atoms with E-state index in [0.717, 1.165) is 24.8 Å². The quantitative estimate of drug-likeness (QED) is 0.763. The molecule has 2 aromatic rings. The zero-order valence-corrected chi connectivity index (χ0v) is 13.0. The minimum absolute atomic E-state index is 0.158. The maximum absolute atomic E-state index is 4.72. The molecule has 1 fully saturated rings. The second kappa shape index (κ2) is 4.76. The fourth-order valence-corrected chi connectivity index (χ4v) is 3.13. The molecule has 0 spiro atoms. The monoisotopic (exact) mass is 268 g/mol. The van der Waals surface area contributed by atoms with Crippen LogP contribution < -0.4 is 4.90 Å². The van der Waals surface area contributed by atoms with E-state index in [2.05, 4.69) is 63.1 Å². The van der Waals surface area contributed by atoms with Gasteiger partial charge >= 0.3 is 0 Å². The molecule has 0 saturated carbocycles. The Morgan fingerprint density at radius 2 is 2.05 bits per heavy atom. The van der Waals surface area contributed by atoms with Crippen LogP contribution in [0.5, 0.6) is 0 Å². The third-order valence-electron chi connectivity index (χ3n) is 4.31. The second-order valence-corrected chi connectivity index (χ2v) is 7.16. The molecule has 0 N–H and O–H groups in total. The van der Waals surface area contributed by atoms with Crippen molar-refractivity contribution in [1.82, 2.24) is 4.98 Å². The summed E-state index contributed by atoms with van der Waals surface area (Å²) in [7, 11) is 0. The van der Waals surface area contributed by atoms with Crippen LogP contribution >= 0.6 is 0 Å². The van der Waals surface area contributed by atoms with Crippen molar-refractivity contribution in [1.29, 1.82) is 0 Å². The van der Waals surface area contributed by atoms with Crippen molar-refractivity contribution < 1.29 is 0 Å². The summed E-state index contributed by atoms with van der Waals surface area (Å²) in [5.41, 5.74) is 1.54. The zero-order chi connectivity index (χ0) is 14.3. The maximum atomic E-state index is 4.72. The zero-order valence-electron chi connectivity index (χ0n) is 13.0. The Morgan fingerprint density at radius 3 is 2.70 bits per heavy atom. The van der Waals surface area contributed by atoms with Gasteiger partial charge in [0.2, 0.25) is 0 Å². The molecule has 2 heterocycles. The summed E-state index contributed by atoms with van der Waals surface area (Å²) in [6.45, 7) is 11.4. The minimum atomic E-state index is 0.158. The fraction of sp³-hybridized carbons (Fsp3) is 0.500. The highest BCUT2D eigenvalue weighted by Crippen LogP contribution is 2.31. The van der Waals surface area contributed by atoms with Gasteiger partial charge in [0.25, 0.3) is 0 Å². The number of benzene rings is 1. The lowest BCUT2D eigenvalue weighted by Crippen LogP contribution is -2.20. The van der Waals surface area contributed by atoms with E-state index in [4.69, 9.17) is 4.98 Å². The van der Waals surface area contributed by atoms with Crippen LogP contribution in [0.4, 0.5) is 5.82 Å². The van der Waals surface area contributed by atoms with Gasteiger partial charge in [-0.25, -0.2) is 4.98 Å². The molecule has 3 rings (SSSR count). The molecule has 1 aliphatic rings. The molecule has 0 bridgehead atoms. The van der Waals surface area contributed by atoms with Crippen LogP contribution in [0.2, 0.25) is 0 Å². The molecule has 106 valence electrons. The lowest BCUT2D eigenvalue weighted by atomic mass is 9.84. The fourth-order valence-electron chi connectivity index (χ4n) is 3.13. The van der Waals surface area contributed by atoms with Crippen LogP contribution in [-0.4, -0.2) is 18.1 Å². The molecule has 0 unspecified atom stereocenters. The van der Waals surface area contributed by atoms with Crippen LogP contribution in [0.25, 0.3) is 10.8 Å². The molecule has 1 aromatic heterocycles. The van der Waals surface area contributed by atoms with E-state index in [1.165, 1.54) is 22.8 Å². The third kappa shape index (κ3) is 2.39. The van der Waals surface area contributed by atoms with Gasteiger partial charge in [-0.15, -0.1) is 0 Å². The lowest BCUT2D eigenvalue weighted by Gasteiger charge is -2.22. The summed E-state index contributed by atoms with van der Waals surface area (Å²) in [5.74, 6) is 1.92. The molecule has 1 saturated heterocycles. The normalized spacial score (nSPS) is 19.8. The molecule has 1 atom stereocenters. The van der Waals surface area contributed by atoms with E-state index in [1.54, 1.807) is 0 Å². The molecule has 0 radical (unpaired) electrons. The smallest absolute Gasteiger partial charge is 0.129 e. The van der Waals surface area contributed by atoms with Crippen molar-refractivity contribution in [3.8, 4) is 0 Å². The minimum Gasteiger partial charge on any atom is -0.356 e. The molecule has 2 heteroatoms. The summed E-state index contributed by atoms with van der Waals surface area (Å²) in [6, 6.07) is 8.85. The number of hydrogen-bond donors (Lipinski definition) is 0. The van der Waals surface area contributed by atoms with Gasteiger partial charge in [0.05, 0.1) is 0 Å². The predicted molar refractivity (Wildman–Crippen MR) is 86.4 cm³/mol. The van der Waals surface area contributed by atoms with E-state index in [0.29, 0.717) is 0 Å². The largest absolute Gasteiger partial charge is 0.356 e. The average Bonchev–Trinajstić information content (AvgIpc) is 2.83. The number of anilines is 1. The number of fused-ring (bicyclic) bond motifs is 1. The van der Waals surface area contributed by atoms with Crippen molar-refractivity contribution in [2.45, 2.75) is 39.5 Å². The number of hydrogen-bond acceptors (Lipinski definition) is 2. The second-order valence-electron chi connectivity index (χ2n) is 7.16. The van der Waals surface area contributed by atoms with Crippen LogP contribution in [-0.2, 0) is 5.41 Å². The van der Waals surface area contributed by atoms with E-state index >= 15 is 0 Å². The van der Waals surface area contributed by atoms with Crippen molar-refractivity contribution in [2.75, 3.05) is 18.0 Å². The van der Waals surface area contributed by atoms with E-state index in [1.807, 2.05) is 0 Å². The van der Waals surface area contributed by atoms with Gasteiger partial charge in [-0.1, -0.05) is 45.9 Å². The Kier molecular flexibility index (Phi) is 3.19. The number of nitrogens with zero attached hydrogens (tertiary/aromatic N) is 2. The van der Waals surface area contributed by atoms with Crippen molar-refractivity contribution in [3.05, 3.63) is 36.0 Å². The summed E-state index contributed by atoms with van der Waals surface area (Å²) < 4.78 is 0. The molecule has 0 aliphatic carbocycles. The lowest BCUT2D eigenvalue weighted by molar-refractivity contribution is 0.596. The SMILES string of the molecule is C[C@H]1CCN(c2cc3cccc(C(C)(C)C)c3cn2)C1. The first-order valence-corrected chi connectivity index (χ1v) is 7.59. The summed E-state index contributed by atoms with van der Waals surface area (Å²) in [6.07, 6.45) is 3.34. The summed E-state index contributed by atoms with van der Waals surface area (Å²) in [5, 5.41) is 2.60. The Labute approximate surface area is 121 Å². The first-order valence-electron chi connectivity index (χ1n) is 7.59. The van der Waals surface area contributed by atoms with Crippen molar-refractivity contribution >= 4 is 16.6 Å². The molecular weight excluding hydrogens is 244 g/mol. The molecule has 0 amide bonds. The van der Waals surface area contributed by atoms with Crippen LogP contribution in [0.1, 0.15) is 39.7 Å². The molecule has 1 aliphatic heterocycles. The van der Waals surface area contributed by atoms with Crippen molar-refractivity contribution in [2.24, 2.45) is 5.92 Å². The first-order chi connectivity index (χ1) is 9.45. The van der Waals surface area contributed by atoms with Gasteiger partial charge in [-0.3, -0.25) is 0 Å². The van der Waals surface area contributed by atoms with Gasteiger partial charge in [0.15, 0.2) is 0 Å². The molecular formula is C18H24N2. The standard InChI is InChI=1S/C18H24N2/c1-13-8-9-20(12-13)17-10-14-6-5-7-16(18(2,3)4)15(14)11-19-17/h5-7,10-11,13H,8-9,12H2,1-4H3/t13-/m0/s1. The van der Waals surface area contributed by atoms with Gasteiger partial charge < -0.3 is 4.90 Å². The van der Waals surface area contributed by atoms with Crippen LogP contribution in [0.15, 0.2) is 30.5 Å². The average molecular weight is 268 g/mol. The molecule has 20 heavy (non-hydrogen) atoms. The van der Waals surface area contributed by atoms with Crippen LogP contribution in [0.3, 0.4) is 0 Å². The van der Waals surface area contributed by atoms with E-state index in [9.17, 15) is 0 Å². The third-order valence-corrected chi connectivity index (χ3v) is 4.31. The first kappa shape index (κ1) is 13.4. The number of pyridine rings is 1.